The van der Waals surface area contributed by atoms with Crippen molar-refractivity contribution in [2.45, 2.75) is 31.7 Å². The summed E-state index contributed by atoms with van der Waals surface area (Å²) in [6.45, 7) is 2.17. The molecule has 4 rings (SSSR count). The smallest absolute Gasteiger partial charge is 0.335 e. The van der Waals surface area contributed by atoms with Crippen LogP contribution in [0.4, 0.5) is 5.69 Å². The fourth-order valence-electron chi connectivity index (χ4n) is 4.02. The number of fused-ring (bicyclic) bond motifs is 3. The molecule has 0 aromatic heterocycles. The first-order chi connectivity index (χ1) is 11.7. The summed E-state index contributed by atoms with van der Waals surface area (Å²) >= 11 is 0. The average Bonchev–Trinajstić information content (AvgIpc) is 3.10. The zero-order chi connectivity index (χ0) is 16.7. The molecule has 0 amide bonds. The van der Waals surface area contributed by atoms with Gasteiger partial charge < -0.3 is 10.4 Å². The van der Waals surface area contributed by atoms with Gasteiger partial charge in [0.25, 0.3) is 0 Å². The molecule has 122 valence electrons. The van der Waals surface area contributed by atoms with Crippen molar-refractivity contribution < 1.29 is 9.90 Å². The van der Waals surface area contributed by atoms with E-state index in [1.807, 2.05) is 12.1 Å². The molecule has 0 radical (unpaired) electrons. The van der Waals surface area contributed by atoms with Crippen LogP contribution >= 0.6 is 0 Å². The molecule has 2 aromatic carbocycles. The van der Waals surface area contributed by atoms with Gasteiger partial charge in [0.15, 0.2) is 0 Å². The predicted molar refractivity (Wildman–Crippen MR) is 95.6 cm³/mol. The standard InChI is InChI=1S/C21H21NO2/c1-2-13-6-8-14(9-7-13)20-17-5-3-4-16(17)18-12-15(21(23)24)10-11-19(18)22-20/h3-4,6-12,16-17,20,22H,2,5H2,1H3,(H,23,24)/t16-,17-,20-/m0/s1. The van der Waals surface area contributed by atoms with Gasteiger partial charge in [-0.2, -0.15) is 0 Å². The SMILES string of the molecule is CCc1ccc([C@@H]2Nc3ccc(C(=O)O)cc3[C@H]3C=CC[C@@H]32)cc1. The fraction of sp³-hybridized carbons (Fsp3) is 0.286. The topological polar surface area (TPSA) is 49.3 Å². The Hall–Kier alpha value is -2.55. The van der Waals surface area contributed by atoms with E-state index < -0.39 is 5.97 Å². The van der Waals surface area contributed by atoms with Crippen LogP contribution in [0.25, 0.3) is 0 Å². The molecule has 0 fully saturated rings. The van der Waals surface area contributed by atoms with Gasteiger partial charge in [-0.25, -0.2) is 4.79 Å². The van der Waals surface area contributed by atoms with Crippen LogP contribution in [0, 0.1) is 5.92 Å². The first-order valence-corrected chi connectivity index (χ1v) is 8.56. The van der Waals surface area contributed by atoms with Crippen LogP contribution in [0.3, 0.4) is 0 Å². The zero-order valence-corrected chi connectivity index (χ0v) is 13.7. The average molecular weight is 319 g/mol. The summed E-state index contributed by atoms with van der Waals surface area (Å²) in [7, 11) is 0. The van der Waals surface area contributed by atoms with Crippen molar-refractivity contribution in [2.24, 2.45) is 5.92 Å². The molecule has 0 saturated carbocycles. The molecule has 3 nitrogen and oxygen atoms in total. The number of anilines is 1. The highest BCUT2D eigenvalue weighted by Crippen LogP contribution is 2.49. The van der Waals surface area contributed by atoms with Crippen molar-refractivity contribution in [2.75, 3.05) is 5.32 Å². The lowest BCUT2D eigenvalue weighted by molar-refractivity contribution is 0.0696. The lowest BCUT2D eigenvalue weighted by Gasteiger charge is -2.37. The van der Waals surface area contributed by atoms with E-state index in [4.69, 9.17) is 0 Å². The molecule has 2 aromatic rings. The Morgan fingerprint density at radius 3 is 2.71 bits per heavy atom. The zero-order valence-electron chi connectivity index (χ0n) is 13.7. The summed E-state index contributed by atoms with van der Waals surface area (Å²) in [6.07, 6.45) is 6.54. The summed E-state index contributed by atoms with van der Waals surface area (Å²) in [5, 5.41) is 12.9. The van der Waals surface area contributed by atoms with Crippen molar-refractivity contribution in [3.05, 3.63) is 76.9 Å². The monoisotopic (exact) mass is 319 g/mol. The fourth-order valence-corrected chi connectivity index (χ4v) is 4.02. The molecule has 0 bridgehead atoms. The van der Waals surface area contributed by atoms with E-state index >= 15 is 0 Å². The normalized spacial score (nSPS) is 24.1. The van der Waals surface area contributed by atoms with Crippen LogP contribution in [0.15, 0.2) is 54.6 Å². The van der Waals surface area contributed by atoms with Gasteiger partial charge in [0.05, 0.1) is 11.6 Å². The Morgan fingerprint density at radius 2 is 2.00 bits per heavy atom. The Kier molecular flexibility index (Phi) is 3.64. The minimum absolute atomic E-state index is 0.263. The van der Waals surface area contributed by atoms with Crippen molar-refractivity contribution in [3.63, 3.8) is 0 Å². The quantitative estimate of drug-likeness (QED) is 0.801. The molecule has 3 atom stereocenters. The summed E-state index contributed by atoms with van der Waals surface area (Å²) in [5.74, 6) is -0.140. The van der Waals surface area contributed by atoms with Crippen LogP contribution < -0.4 is 5.32 Å². The number of allylic oxidation sites excluding steroid dienone is 2. The largest absolute Gasteiger partial charge is 0.478 e. The first kappa shape index (κ1) is 15.0. The van der Waals surface area contributed by atoms with Gasteiger partial charge in [0.2, 0.25) is 0 Å². The molecule has 2 aliphatic rings. The minimum Gasteiger partial charge on any atom is -0.478 e. The third kappa shape index (κ3) is 2.41. The van der Waals surface area contributed by atoms with E-state index in [0.717, 1.165) is 24.1 Å². The lowest BCUT2D eigenvalue weighted by atomic mass is 9.76. The number of rotatable bonds is 3. The maximum Gasteiger partial charge on any atom is 0.335 e. The van der Waals surface area contributed by atoms with Crippen LogP contribution in [0.1, 0.15) is 52.4 Å². The molecule has 3 heteroatoms. The number of carboxylic acid groups (broad SMARTS) is 1. The number of benzene rings is 2. The second kappa shape index (κ2) is 5.82. The van der Waals surface area contributed by atoms with Crippen molar-refractivity contribution in [3.8, 4) is 0 Å². The number of carbonyl (C=O) groups is 1. The third-order valence-electron chi connectivity index (χ3n) is 5.36. The molecular weight excluding hydrogens is 298 g/mol. The molecule has 0 saturated heterocycles. The molecular formula is C21H21NO2. The first-order valence-electron chi connectivity index (χ1n) is 8.56. The summed E-state index contributed by atoms with van der Waals surface area (Å²) in [4.78, 5) is 11.3. The Labute approximate surface area is 142 Å². The van der Waals surface area contributed by atoms with E-state index in [-0.39, 0.29) is 12.0 Å². The van der Waals surface area contributed by atoms with E-state index in [9.17, 15) is 9.90 Å². The number of nitrogens with one attached hydrogen (secondary N) is 1. The highest BCUT2D eigenvalue weighted by molar-refractivity contribution is 5.89. The summed E-state index contributed by atoms with van der Waals surface area (Å²) in [6, 6.07) is 14.5. The van der Waals surface area contributed by atoms with Crippen LogP contribution in [-0.4, -0.2) is 11.1 Å². The Balaban J connectivity index is 1.73. The molecule has 24 heavy (non-hydrogen) atoms. The van der Waals surface area contributed by atoms with Gasteiger partial charge in [0.1, 0.15) is 0 Å². The highest BCUT2D eigenvalue weighted by atomic mass is 16.4. The minimum atomic E-state index is -0.867. The van der Waals surface area contributed by atoms with Gasteiger partial charge in [0, 0.05) is 11.6 Å². The van der Waals surface area contributed by atoms with Crippen LogP contribution in [-0.2, 0) is 6.42 Å². The Morgan fingerprint density at radius 1 is 1.21 bits per heavy atom. The molecule has 0 spiro atoms. The van der Waals surface area contributed by atoms with E-state index in [1.54, 1.807) is 6.07 Å². The molecule has 1 heterocycles. The molecule has 0 unspecified atom stereocenters. The second-order valence-electron chi connectivity index (χ2n) is 6.68. The maximum absolute atomic E-state index is 11.3. The third-order valence-corrected chi connectivity index (χ3v) is 5.36. The number of hydrogen-bond donors (Lipinski definition) is 2. The second-order valence-corrected chi connectivity index (χ2v) is 6.68. The summed E-state index contributed by atoms with van der Waals surface area (Å²) < 4.78 is 0. The number of aryl methyl sites for hydroxylation is 1. The molecule has 1 aliphatic heterocycles. The number of carboxylic acids is 1. The summed E-state index contributed by atoms with van der Waals surface area (Å²) in [5.41, 5.74) is 5.17. The van der Waals surface area contributed by atoms with Crippen LogP contribution in [0.2, 0.25) is 0 Å². The van der Waals surface area contributed by atoms with Gasteiger partial charge in [-0.3, -0.25) is 0 Å². The molecule has 1 aliphatic carbocycles. The van der Waals surface area contributed by atoms with E-state index in [1.165, 1.54) is 11.1 Å². The van der Waals surface area contributed by atoms with Crippen molar-refractivity contribution >= 4 is 11.7 Å². The van der Waals surface area contributed by atoms with Crippen molar-refractivity contribution in [1.82, 2.24) is 0 Å². The predicted octanol–water partition coefficient (Wildman–Crippen LogP) is 4.77. The molecule has 2 N–H and O–H groups in total. The van der Waals surface area contributed by atoms with Gasteiger partial charge in [-0.1, -0.05) is 43.3 Å². The van der Waals surface area contributed by atoms with E-state index in [0.29, 0.717) is 11.5 Å². The van der Waals surface area contributed by atoms with E-state index in [2.05, 4.69) is 48.7 Å². The van der Waals surface area contributed by atoms with Crippen molar-refractivity contribution in [1.29, 1.82) is 0 Å². The van der Waals surface area contributed by atoms with Gasteiger partial charge in [-0.15, -0.1) is 0 Å². The van der Waals surface area contributed by atoms with Gasteiger partial charge in [-0.05, 0) is 53.6 Å². The Bertz CT molecular complexity index is 807. The number of aromatic carboxylic acids is 1. The maximum atomic E-state index is 11.3. The lowest BCUT2D eigenvalue weighted by Crippen LogP contribution is -2.29. The highest BCUT2D eigenvalue weighted by Gasteiger charge is 2.38. The van der Waals surface area contributed by atoms with Crippen LogP contribution in [0.5, 0.6) is 0 Å². The van der Waals surface area contributed by atoms with Gasteiger partial charge >= 0.3 is 5.97 Å². The number of hydrogen-bond acceptors (Lipinski definition) is 2.